The molecule has 290 valence electrons. The second kappa shape index (κ2) is 22.8. The minimum absolute atomic E-state index is 0.189. The van der Waals surface area contributed by atoms with Crippen molar-refractivity contribution in [1.82, 2.24) is 0 Å². The van der Waals surface area contributed by atoms with Crippen LogP contribution in [0.3, 0.4) is 0 Å². The first-order chi connectivity index (χ1) is 22.1. The molecule has 5 saturated carbocycles. The normalized spacial score (nSPS) is 27.6. The second-order valence-electron chi connectivity index (χ2n) is 19.7. The molecular formula is C46H94O2. The number of epoxide rings is 2. The Balaban J connectivity index is 0.000000533. The molecule has 48 heavy (non-hydrogen) atoms. The average Bonchev–Trinajstić information content (AvgIpc) is 3.80. The smallest absolute Gasteiger partial charge is 0.0895 e. The fraction of sp³-hybridized carbons (Fsp3) is 1.00. The van der Waals surface area contributed by atoms with E-state index in [0.717, 1.165) is 77.1 Å². The van der Waals surface area contributed by atoms with Crippen molar-refractivity contribution in [2.24, 2.45) is 76.4 Å². The van der Waals surface area contributed by atoms with Crippen molar-refractivity contribution in [3.8, 4) is 0 Å². The molecule has 0 amide bonds. The van der Waals surface area contributed by atoms with Gasteiger partial charge < -0.3 is 9.47 Å². The standard InChI is InChI=1S/C7H14O.2C7H14.3C6H12.C5H10O.C2H6/c1-5(2)6-7(3,4)8-6;1-6(2)7(3)4-5-7;1-5(2)7-4-6(7)3;3*1-5(2)6-3-4-6;1-4(2)5-3-6-5;1-2/h5-6H,1-4H3;6H,4-5H2,1-3H3;5-7H,4H2,1-3H3;3*5-6H,3-4H2,1-2H3;4-5H,3H2,1-2H3;1-2H3. The number of rotatable bonds is 7. The average molecular weight is 679 g/mol. The first-order valence-electron chi connectivity index (χ1n) is 21.4. The largest absolute Gasteiger partial charge is 0.373 e. The zero-order valence-corrected chi connectivity index (χ0v) is 37.0. The highest BCUT2D eigenvalue weighted by atomic mass is 16.6. The van der Waals surface area contributed by atoms with Gasteiger partial charge in [-0.2, -0.15) is 0 Å². The van der Waals surface area contributed by atoms with Gasteiger partial charge in [0.2, 0.25) is 0 Å². The number of ether oxygens (including phenoxy) is 2. The summed E-state index contributed by atoms with van der Waals surface area (Å²) in [6, 6.07) is 0. The van der Waals surface area contributed by atoms with Crippen molar-refractivity contribution < 1.29 is 9.47 Å². The molecule has 4 atom stereocenters. The maximum atomic E-state index is 5.37. The van der Waals surface area contributed by atoms with Gasteiger partial charge in [-0.05, 0) is 148 Å². The summed E-state index contributed by atoms with van der Waals surface area (Å²) in [6.45, 7) is 45.8. The van der Waals surface area contributed by atoms with Crippen LogP contribution in [0.5, 0.6) is 0 Å². The topological polar surface area (TPSA) is 25.1 Å². The minimum atomic E-state index is 0.189. The van der Waals surface area contributed by atoms with Crippen molar-refractivity contribution in [2.45, 2.75) is 214 Å². The summed E-state index contributed by atoms with van der Waals surface area (Å²) in [4.78, 5) is 0. The highest BCUT2D eigenvalue weighted by Gasteiger charge is 2.49. The van der Waals surface area contributed by atoms with E-state index >= 15 is 0 Å². The van der Waals surface area contributed by atoms with Crippen LogP contribution < -0.4 is 0 Å². The minimum Gasteiger partial charge on any atom is -0.373 e. The van der Waals surface area contributed by atoms with Crippen LogP contribution in [0.1, 0.15) is 196 Å². The molecule has 2 saturated heterocycles. The van der Waals surface area contributed by atoms with E-state index in [2.05, 4.69) is 125 Å². The zero-order chi connectivity index (χ0) is 37.6. The number of hydrogen-bond acceptors (Lipinski definition) is 2. The van der Waals surface area contributed by atoms with Crippen LogP contribution in [0.15, 0.2) is 0 Å². The van der Waals surface area contributed by atoms with Crippen LogP contribution in [-0.2, 0) is 9.47 Å². The van der Waals surface area contributed by atoms with E-state index in [-0.39, 0.29) is 5.60 Å². The lowest BCUT2D eigenvalue weighted by Gasteiger charge is -2.10. The lowest BCUT2D eigenvalue weighted by molar-refractivity contribution is 0.304. The van der Waals surface area contributed by atoms with Crippen LogP contribution in [0.2, 0.25) is 0 Å². The van der Waals surface area contributed by atoms with Crippen molar-refractivity contribution in [1.29, 1.82) is 0 Å². The zero-order valence-electron chi connectivity index (χ0n) is 37.0. The maximum Gasteiger partial charge on any atom is 0.0895 e. The predicted octanol–water partition coefficient (Wildman–Crippen LogP) is 14.8. The van der Waals surface area contributed by atoms with E-state index < -0.39 is 0 Å². The summed E-state index contributed by atoms with van der Waals surface area (Å²) in [7, 11) is 0. The Morgan fingerprint density at radius 2 is 0.833 bits per heavy atom. The van der Waals surface area contributed by atoms with Gasteiger partial charge in [0.15, 0.2) is 0 Å². The highest BCUT2D eigenvalue weighted by Crippen LogP contribution is 2.51. The van der Waals surface area contributed by atoms with Gasteiger partial charge in [0.25, 0.3) is 0 Å². The Morgan fingerprint density at radius 1 is 0.521 bits per heavy atom. The molecule has 2 heterocycles. The Kier molecular flexibility index (Phi) is 22.7. The second-order valence-corrected chi connectivity index (χ2v) is 19.7. The number of hydrogen-bond donors (Lipinski definition) is 0. The molecule has 0 N–H and O–H groups in total. The summed E-state index contributed by atoms with van der Waals surface area (Å²) in [5.74, 6) is 11.6. The van der Waals surface area contributed by atoms with Crippen LogP contribution in [0, 0.1) is 76.4 Å². The van der Waals surface area contributed by atoms with Gasteiger partial charge in [0, 0.05) is 0 Å². The van der Waals surface area contributed by atoms with Crippen LogP contribution in [0.4, 0.5) is 0 Å². The molecular weight excluding hydrogens is 585 g/mol. The van der Waals surface area contributed by atoms with Crippen LogP contribution in [0.25, 0.3) is 0 Å². The molecule has 0 aromatic heterocycles. The molecule has 7 aliphatic rings. The summed E-state index contributed by atoms with van der Waals surface area (Å²) in [6.07, 6.45) is 14.5. The fourth-order valence-corrected chi connectivity index (χ4v) is 6.02. The van der Waals surface area contributed by atoms with Gasteiger partial charge >= 0.3 is 0 Å². The molecule has 2 aliphatic heterocycles. The maximum absolute atomic E-state index is 5.37. The third kappa shape index (κ3) is 24.2. The van der Waals surface area contributed by atoms with E-state index in [4.69, 9.17) is 9.47 Å². The van der Waals surface area contributed by atoms with Crippen LogP contribution in [-0.4, -0.2) is 24.4 Å². The lowest BCUT2D eigenvalue weighted by atomic mass is 9.95. The lowest BCUT2D eigenvalue weighted by Crippen LogP contribution is -2.08. The van der Waals surface area contributed by atoms with Crippen molar-refractivity contribution in [3.05, 3.63) is 0 Å². The SMILES string of the molecule is CC.CC(C)C1(C)CC1.CC(C)C1CC1.CC(C)C1CC1.CC(C)C1CC1.CC(C)C1CC1C.CC(C)C1CO1.CC(C)C1OC1(C)C. The molecule has 0 bridgehead atoms. The van der Waals surface area contributed by atoms with Crippen molar-refractivity contribution in [2.75, 3.05) is 6.61 Å². The third-order valence-electron chi connectivity index (χ3n) is 11.9. The molecule has 0 aromatic carbocycles. The fourth-order valence-electron chi connectivity index (χ4n) is 6.02. The van der Waals surface area contributed by atoms with E-state index in [1.54, 1.807) is 0 Å². The molecule has 2 heteroatoms. The van der Waals surface area contributed by atoms with Gasteiger partial charge in [0.05, 0.1) is 24.4 Å². The predicted molar refractivity (Wildman–Crippen MR) is 217 cm³/mol. The molecule has 0 radical (unpaired) electrons. The molecule has 0 spiro atoms. The van der Waals surface area contributed by atoms with E-state index in [1.807, 2.05) is 13.8 Å². The van der Waals surface area contributed by atoms with Gasteiger partial charge in [0.1, 0.15) is 0 Å². The monoisotopic (exact) mass is 679 g/mol. The summed E-state index contributed by atoms with van der Waals surface area (Å²) >= 11 is 0. The van der Waals surface area contributed by atoms with Gasteiger partial charge in [-0.25, -0.2) is 0 Å². The van der Waals surface area contributed by atoms with Gasteiger partial charge in [-0.15, -0.1) is 0 Å². The summed E-state index contributed by atoms with van der Waals surface area (Å²) in [5.41, 5.74) is 0.939. The van der Waals surface area contributed by atoms with Crippen molar-refractivity contribution in [3.63, 3.8) is 0 Å². The Morgan fingerprint density at radius 3 is 0.833 bits per heavy atom. The summed E-state index contributed by atoms with van der Waals surface area (Å²) in [5, 5.41) is 0. The molecule has 0 aromatic rings. The Hall–Kier alpha value is -0.0800. The van der Waals surface area contributed by atoms with Crippen molar-refractivity contribution >= 4 is 0 Å². The van der Waals surface area contributed by atoms with E-state index in [1.165, 1.54) is 57.8 Å². The van der Waals surface area contributed by atoms with Gasteiger partial charge in [-0.1, -0.05) is 125 Å². The van der Waals surface area contributed by atoms with Gasteiger partial charge in [-0.3, -0.25) is 0 Å². The Bertz CT molecular complexity index is 706. The highest BCUT2D eigenvalue weighted by molar-refractivity contribution is 4.96. The molecule has 7 fully saturated rings. The first-order valence-corrected chi connectivity index (χ1v) is 21.4. The summed E-state index contributed by atoms with van der Waals surface area (Å²) < 4.78 is 10.3. The first kappa shape index (κ1) is 47.9. The van der Waals surface area contributed by atoms with E-state index in [0.29, 0.717) is 18.1 Å². The molecule has 7 rings (SSSR count). The van der Waals surface area contributed by atoms with Crippen LogP contribution >= 0.6 is 0 Å². The molecule has 5 aliphatic carbocycles. The molecule has 4 unspecified atom stereocenters. The van der Waals surface area contributed by atoms with E-state index in [9.17, 15) is 0 Å². The Labute approximate surface area is 305 Å². The quantitative estimate of drug-likeness (QED) is 0.250. The molecule has 2 nitrogen and oxygen atoms in total. The third-order valence-corrected chi connectivity index (χ3v) is 11.9.